The Morgan fingerprint density at radius 3 is 2.43 bits per heavy atom. The number of nitrogens with zero attached hydrogens (tertiary/aromatic N) is 1. The number of rotatable bonds is 5. The molecule has 0 bridgehead atoms. The van der Waals surface area contributed by atoms with Crippen LogP contribution in [0.1, 0.15) is 25.0 Å². The highest BCUT2D eigenvalue weighted by molar-refractivity contribution is 6.55. The van der Waals surface area contributed by atoms with Crippen LogP contribution in [0.25, 0.3) is 0 Å². The van der Waals surface area contributed by atoms with Gasteiger partial charge in [0.1, 0.15) is 27.5 Å². The van der Waals surface area contributed by atoms with E-state index in [1.165, 1.54) is 7.11 Å². The molecular formula is C22H19Cl2NO3. The third-order valence-electron chi connectivity index (χ3n) is 5.51. The fourth-order valence-electron chi connectivity index (χ4n) is 4.04. The molecule has 0 aliphatic heterocycles. The lowest BCUT2D eigenvalue weighted by Crippen LogP contribution is -2.28. The number of esters is 1. The van der Waals surface area contributed by atoms with Crippen molar-refractivity contribution in [2.24, 2.45) is 11.3 Å². The third kappa shape index (κ3) is 3.15. The van der Waals surface area contributed by atoms with Gasteiger partial charge in [-0.05, 0) is 41.3 Å². The number of ether oxygens (including phenoxy) is 2. The van der Waals surface area contributed by atoms with Crippen LogP contribution in [0.15, 0.2) is 59.1 Å². The molecule has 4 nitrogen and oxygen atoms in total. The van der Waals surface area contributed by atoms with E-state index >= 15 is 0 Å². The lowest BCUT2D eigenvalue weighted by Gasteiger charge is -2.20. The Morgan fingerprint density at radius 2 is 1.86 bits per heavy atom. The van der Waals surface area contributed by atoms with E-state index in [0.29, 0.717) is 22.6 Å². The summed E-state index contributed by atoms with van der Waals surface area (Å²) in [6.45, 7) is 3.91. The van der Waals surface area contributed by atoms with Gasteiger partial charge in [-0.1, -0.05) is 61.3 Å². The number of nitriles is 1. The average molecular weight is 416 g/mol. The molecule has 0 aromatic heterocycles. The summed E-state index contributed by atoms with van der Waals surface area (Å²) in [6.07, 6.45) is 1.66. The van der Waals surface area contributed by atoms with Crippen molar-refractivity contribution in [1.82, 2.24) is 0 Å². The molecule has 1 fully saturated rings. The van der Waals surface area contributed by atoms with Crippen molar-refractivity contribution >= 4 is 29.2 Å². The van der Waals surface area contributed by atoms with Crippen LogP contribution in [-0.4, -0.2) is 13.1 Å². The number of para-hydroxylation sites is 1. The van der Waals surface area contributed by atoms with Gasteiger partial charge >= 0.3 is 5.97 Å². The van der Waals surface area contributed by atoms with Crippen LogP contribution in [0.3, 0.4) is 0 Å². The second kappa shape index (κ2) is 7.50. The Morgan fingerprint density at radius 1 is 1.18 bits per heavy atom. The van der Waals surface area contributed by atoms with Crippen LogP contribution < -0.4 is 4.74 Å². The molecule has 2 unspecified atom stereocenters. The smallest absolute Gasteiger partial charge is 0.317 e. The first-order chi connectivity index (χ1) is 13.3. The van der Waals surface area contributed by atoms with Crippen LogP contribution in [0.4, 0.5) is 0 Å². The fraction of sp³-hybridized carbons (Fsp3) is 0.273. The second-order valence-corrected chi connectivity index (χ2v) is 8.20. The van der Waals surface area contributed by atoms with E-state index < -0.39 is 10.8 Å². The quantitative estimate of drug-likeness (QED) is 0.584. The molecule has 2 aromatic carbocycles. The van der Waals surface area contributed by atoms with Crippen molar-refractivity contribution in [3.8, 4) is 17.6 Å². The van der Waals surface area contributed by atoms with E-state index in [4.69, 9.17) is 32.7 Å². The Kier molecular flexibility index (Phi) is 5.43. The molecule has 0 saturated heterocycles. The van der Waals surface area contributed by atoms with Gasteiger partial charge in [-0.25, -0.2) is 0 Å². The lowest BCUT2D eigenvalue weighted by atomic mass is 9.86. The second-order valence-electron chi connectivity index (χ2n) is 7.19. The van der Waals surface area contributed by atoms with E-state index in [0.717, 1.165) is 0 Å². The highest BCUT2D eigenvalue weighted by atomic mass is 35.5. The Labute approximate surface area is 174 Å². The van der Waals surface area contributed by atoms with Crippen molar-refractivity contribution in [1.29, 1.82) is 5.26 Å². The summed E-state index contributed by atoms with van der Waals surface area (Å²) in [5, 5.41) is 9.47. The predicted octanol–water partition coefficient (Wildman–Crippen LogP) is 5.74. The molecule has 28 heavy (non-hydrogen) atoms. The zero-order valence-electron chi connectivity index (χ0n) is 15.7. The summed E-state index contributed by atoms with van der Waals surface area (Å²) in [6, 6.07) is 16.4. The fourth-order valence-corrected chi connectivity index (χ4v) is 4.29. The molecule has 0 N–H and O–H groups in total. The van der Waals surface area contributed by atoms with Crippen LogP contribution in [0, 0.1) is 22.7 Å². The topological polar surface area (TPSA) is 59.3 Å². The summed E-state index contributed by atoms with van der Waals surface area (Å²) in [7, 11) is 1.35. The summed E-state index contributed by atoms with van der Waals surface area (Å²) in [4.78, 5) is 12.9. The molecule has 0 amide bonds. The van der Waals surface area contributed by atoms with E-state index in [1.54, 1.807) is 36.4 Å². The maximum absolute atomic E-state index is 12.9. The Bertz CT molecular complexity index is 975. The third-order valence-corrected chi connectivity index (χ3v) is 5.76. The van der Waals surface area contributed by atoms with E-state index in [9.17, 15) is 10.1 Å². The number of hydrogen-bond acceptors (Lipinski definition) is 4. The van der Waals surface area contributed by atoms with E-state index in [2.05, 4.69) is 6.07 Å². The first kappa shape index (κ1) is 20.3. The number of benzene rings is 2. The number of carbonyl (C=O) groups excluding carboxylic acids is 1. The van der Waals surface area contributed by atoms with Crippen LogP contribution in [0.5, 0.6) is 11.5 Å². The van der Waals surface area contributed by atoms with Gasteiger partial charge in [0.25, 0.3) is 0 Å². The van der Waals surface area contributed by atoms with Gasteiger partial charge in [0, 0.05) is 5.92 Å². The summed E-state index contributed by atoms with van der Waals surface area (Å²) < 4.78 is 11.1. The lowest BCUT2D eigenvalue weighted by molar-refractivity contribution is -0.144. The number of methoxy groups -OCH3 is 1. The van der Waals surface area contributed by atoms with Crippen LogP contribution in [0.2, 0.25) is 0 Å². The zero-order valence-corrected chi connectivity index (χ0v) is 17.2. The normalized spacial score (nSPS) is 21.9. The molecular weight excluding hydrogens is 397 g/mol. The number of hydrogen-bond donors (Lipinski definition) is 0. The minimum Gasteiger partial charge on any atom is -0.468 e. The summed E-state index contributed by atoms with van der Waals surface area (Å²) >= 11 is 11.8. The van der Waals surface area contributed by atoms with E-state index in [-0.39, 0.29) is 16.4 Å². The van der Waals surface area contributed by atoms with Gasteiger partial charge in [0.05, 0.1) is 12.7 Å². The largest absolute Gasteiger partial charge is 0.468 e. The SMILES string of the molecule is COC(=O)C1(c2ccc(C#N)c(Oc3ccccc3)c2)C(C=C(Cl)Cl)C1(C)C. The van der Waals surface area contributed by atoms with Crippen molar-refractivity contribution in [3.05, 3.63) is 70.2 Å². The van der Waals surface area contributed by atoms with Gasteiger partial charge < -0.3 is 9.47 Å². The van der Waals surface area contributed by atoms with Crippen LogP contribution in [-0.2, 0) is 14.9 Å². The van der Waals surface area contributed by atoms with Crippen molar-refractivity contribution in [2.75, 3.05) is 7.11 Å². The highest BCUT2D eigenvalue weighted by Crippen LogP contribution is 2.71. The minimum atomic E-state index is -0.973. The number of carbonyl (C=O) groups is 1. The molecule has 2 atom stereocenters. The van der Waals surface area contributed by atoms with Crippen LogP contribution >= 0.6 is 23.2 Å². The number of allylic oxidation sites excluding steroid dienone is 1. The van der Waals surface area contributed by atoms with Gasteiger partial charge in [0.15, 0.2) is 0 Å². The first-order valence-electron chi connectivity index (χ1n) is 8.67. The number of halogens is 2. The minimum absolute atomic E-state index is 0.0956. The highest BCUT2D eigenvalue weighted by Gasteiger charge is 2.76. The first-order valence-corrected chi connectivity index (χ1v) is 9.43. The maximum Gasteiger partial charge on any atom is 0.317 e. The molecule has 3 rings (SSSR count). The van der Waals surface area contributed by atoms with Gasteiger partial charge in [-0.15, -0.1) is 0 Å². The molecule has 1 aliphatic rings. The van der Waals surface area contributed by atoms with Crippen molar-refractivity contribution in [3.63, 3.8) is 0 Å². The Hall–Kier alpha value is -2.48. The maximum atomic E-state index is 12.9. The standard InChI is InChI=1S/C22H19Cl2NO3/c1-21(2)18(12-19(23)24)22(21,20(26)27-3)15-10-9-14(13-25)17(11-15)28-16-7-5-4-6-8-16/h4-12,18H,1-3H3. The molecule has 0 heterocycles. The molecule has 1 saturated carbocycles. The summed E-state index contributed by atoms with van der Waals surface area (Å²) in [5.41, 5.74) is -0.397. The molecule has 144 valence electrons. The molecule has 2 aromatic rings. The van der Waals surface area contributed by atoms with Gasteiger partial charge in [-0.2, -0.15) is 5.26 Å². The summed E-state index contributed by atoms with van der Waals surface area (Å²) in [5.74, 6) is 0.328. The molecule has 1 aliphatic carbocycles. The van der Waals surface area contributed by atoms with E-state index in [1.807, 2.05) is 32.0 Å². The zero-order chi connectivity index (χ0) is 20.5. The molecule has 6 heteroatoms. The molecule has 0 radical (unpaired) electrons. The average Bonchev–Trinajstić information content (AvgIpc) is 3.16. The predicted molar refractivity (Wildman–Crippen MR) is 108 cm³/mol. The van der Waals surface area contributed by atoms with Crippen molar-refractivity contribution in [2.45, 2.75) is 19.3 Å². The monoisotopic (exact) mass is 415 g/mol. The molecule has 0 spiro atoms. The van der Waals surface area contributed by atoms with Gasteiger partial charge in [0.2, 0.25) is 0 Å². The van der Waals surface area contributed by atoms with Crippen molar-refractivity contribution < 1.29 is 14.3 Å². The van der Waals surface area contributed by atoms with Gasteiger partial charge in [-0.3, -0.25) is 4.79 Å². The Balaban J connectivity index is 2.13.